The Hall–Kier alpha value is -1.76. The summed E-state index contributed by atoms with van der Waals surface area (Å²) in [5, 5.41) is 5.53. The topological polar surface area (TPSA) is 55.9 Å². The van der Waals surface area contributed by atoms with Gasteiger partial charge in [0.25, 0.3) is 0 Å². The Bertz CT molecular complexity index is 814. The molecule has 0 radical (unpaired) electrons. The third-order valence-electron chi connectivity index (χ3n) is 5.82. The molecule has 2 aromatic rings. The monoisotopic (exact) mass is 403 g/mol. The van der Waals surface area contributed by atoms with Gasteiger partial charge in [0.2, 0.25) is 0 Å². The second-order valence-electron chi connectivity index (χ2n) is 7.74. The molecule has 0 spiro atoms. The van der Waals surface area contributed by atoms with E-state index in [4.69, 9.17) is 16.3 Å². The number of guanidine groups is 1. The predicted molar refractivity (Wildman–Crippen MR) is 115 cm³/mol. The van der Waals surface area contributed by atoms with Crippen molar-refractivity contribution in [3.63, 3.8) is 0 Å². The van der Waals surface area contributed by atoms with Crippen molar-refractivity contribution >= 4 is 28.5 Å². The van der Waals surface area contributed by atoms with E-state index in [2.05, 4.69) is 31.3 Å². The van der Waals surface area contributed by atoms with Gasteiger partial charge in [-0.05, 0) is 42.5 Å². The molecule has 0 amide bonds. The number of aromatic amines is 1. The van der Waals surface area contributed by atoms with E-state index in [1.807, 2.05) is 25.2 Å². The number of aliphatic imine (C=N–C) groups is 1. The van der Waals surface area contributed by atoms with Gasteiger partial charge in [-0.25, -0.2) is 0 Å². The van der Waals surface area contributed by atoms with E-state index in [9.17, 15) is 0 Å². The highest BCUT2D eigenvalue weighted by Crippen LogP contribution is 2.23. The molecule has 0 bridgehead atoms. The number of nitrogens with zero attached hydrogens (tertiary/aromatic N) is 3. The fourth-order valence-corrected chi connectivity index (χ4v) is 4.49. The van der Waals surface area contributed by atoms with Crippen molar-refractivity contribution in [1.82, 2.24) is 20.1 Å². The summed E-state index contributed by atoms with van der Waals surface area (Å²) in [5.41, 5.74) is 2.42. The first-order chi connectivity index (χ1) is 13.7. The fourth-order valence-electron chi connectivity index (χ4n) is 4.32. The third-order valence-corrected chi connectivity index (χ3v) is 6.06. The average Bonchev–Trinajstić information content (AvgIpc) is 3.33. The van der Waals surface area contributed by atoms with Gasteiger partial charge in [0.15, 0.2) is 5.96 Å². The molecule has 2 N–H and O–H groups in total. The Morgan fingerprint density at radius 3 is 3.00 bits per heavy atom. The number of H-pyrrole nitrogens is 1. The van der Waals surface area contributed by atoms with Gasteiger partial charge in [0.1, 0.15) is 0 Å². The zero-order chi connectivity index (χ0) is 19.3. The van der Waals surface area contributed by atoms with Crippen LogP contribution >= 0.6 is 11.6 Å². The fraction of sp³-hybridized carbons (Fsp3) is 0.571. The first-order valence-corrected chi connectivity index (χ1v) is 10.6. The van der Waals surface area contributed by atoms with Gasteiger partial charge in [0.05, 0.1) is 13.2 Å². The molecule has 1 aromatic carbocycles. The van der Waals surface area contributed by atoms with E-state index in [1.165, 1.54) is 23.9 Å². The van der Waals surface area contributed by atoms with Gasteiger partial charge in [-0.3, -0.25) is 9.89 Å². The maximum atomic E-state index is 6.16. The largest absolute Gasteiger partial charge is 0.379 e. The molecule has 2 saturated heterocycles. The van der Waals surface area contributed by atoms with Gasteiger partial charge in [0, 0.05) is 68.4 Å². The average molecular weight is 404 g/mol. The Balaban J connectivity index is 1.27. The first kappa shape index (κ1) is 19.6. The molecule has 2 fully saturated rings. The molecule has 0 saturated carbocycles. The molecule has 1 aromatic heterocycles. The SMILES string of the molecule is CN=C(NCCc1c[nH]c2ccc(Cl)cc12)N1CCC(CN2CCOCC2)C1. The summed E-state index contributed by atoms with van der Waals surface area (Å²) >= 11 is 6.16. The summed E-state index contributed by atoms with van der Waals surface area (Å²) in [6.45, 7) is 8.08. The number of fused-ring (bicyclic) bond motifs is 1. The molecular formula is C21H30ClN5O. The molecule has 2 aliphatic rings. The van der Waals surface area contributed by atoms with Crippen LogP contribution in [0.5, 0.6) is 0 Å². The van der Waals surface area contributed by atoms with E-state index < -0.39 is 0 Å². The van der Waals surface area contributed by atoms with Crippen LogP contribution < -0.4 is 5.32 Å². The lowest BCUT2D eigenvalue weighted by atomic mass is 10.1. The standard InChI is InChI=1S/C21H30ClN5O/c1-23-21(27-7-5-16(15-27)14-26-8-10-28-11-9-26)24-6-4-17-13-25-20-3-2-18(22)12-19(17)20/h2-3,12-13,16,25H,4-11,14-15H2,1H3,(H,23,24). The number of benzene rings is 1. The number of likely N-dealkylation sites (tertiary alicyclic amines) is 1. The van der Waals surface area contributed by atoms with Gasteiger partial charge >= 0.3 is 0 Å². The number of morpholine rings is 1. The summed E-state index contributed by atoms with van der Waals surface area (Å²) < 4.78 is 5.46. The number of nitrogens with one attached hydrogen (secondary N) is 2. The number of halogens is 1. The van der Waals surface area contributed by atoms with Gasteiger partial charge in [-0.15, -0.1) is 0 Å². The maximum Gasteiger partial charge on any atom is 0.193 e. The number of hydrogen-bond acceptors (Lipinski definition) is 3. The Morgan fingerprint density at radius 1 is 1.32 bits per heavy atom. The molecule has 3 heterocycles. The number of ether oxygens (including phenoxy) is 1. The van der Waals surface area contributed by atoms with Crippen molar-refractivity contribution in [1.29, 1.82) is 0 Å². The number of hydrogen-bond donors (Lipinski definition) is 2. The molecule has 152 valence electrons. The molecule has 1 unspecified atom stereocenters. The van der Waals surface area contributed by atoms with Crippen LogP contribution in [-0.4, -0.2) is 80.3 Å². The quantitative estimate of drug-likeness (QED) is 0.595. The zero-order valence-electron chi connectivity index (χ0n) is 16.6. The van der Waals surface area contributed by atoms with Crippen molar-refractivity contribution < 1.29 is 4.74 Å². The van der Waals surface area contributed by atoms with Crippen molar-refractivity contribution in [2.24, 2.45) is 10.9 Å². The number of rotatable bonds is 5. The first-order valence-electron chi connectivity index (χ1n) is 10.2. The molecule has 6 nitrogen and oxygen atoms in total. The summed E-state index contributed by atoms with van der Waals surface area (Å²) in [5.74, 6) is 1.73. The smallest absolute Gasteiger partial charge is 0.193 e. The molecule has 4 rings (SSSR count). The van der Waals surface area contributed by atoms with Crippen LogP contribution in [0.4, 0.5) is 0 Å². The Morgan fingerprint density at radius 2 is 2.18 bits per heavy atom. The van der Waals surface area contributed by atoms with E-state index >= 15 is 0 Å². The lowest BCUT2D eigenvalue weighted by Crippen LogP contribution is -2.42. The molecular weight excluding hydrogens is 374 g/mol. The summed E-state index contributed by atoms with van der Waals surface area (Å²) in [4.78, 5) is 12.8. The van der Waals surface area contributed by atoms with Crippen molar-refractivity contribution in [2.75, 3.05) is 59.5 Å². The minimum absolute atomic E-state index is 0.715. The van der Waals surface area contributed by atoms with Crippen LogP contribution in [0.2, 0.25) is 5.02 Å². The van der Waals surface area contributed by atoms with E-state index in [-0.39, 0.29) is 0 Å². The summed E-state index contributed by atoms with van der Waals surface area (Å²) in [6.07, 6.45) is 4.25. The second-order valence-corrected chi connectivity index (χ2v) is 8.18. The zero-order valence-corrected chi connectivity index (χ0v) is 17.3. The van der Waals surface area contributed by atoms with Gasteiger partial charge < -0.3 is 19.9 Å². The van der Waals surface area contributed by atoms with E-state index in [1.54, 1.807) is 0 Å². The second kappa shape index (κ2) is 9.16. The highest BCUT2D eigenvalue weighted by atomic mass is 35.5. The van der Waals surface area contributed by atoms with Crippen molar-refractivity contribution in [3.8, 4) is 0 Å². The van der Waals surface area contributed by atoms with Gasteiger partial charge in [-0.1, -0.05) is 11.6 Å². The molecule has 1 atom stereocenters. The normalized spacial score (nSPS) is 21.6. The predicted octanol–water partition coefficient (Wildman–Crippen LogP) is 2.59. The van der Waals surface area contributed by atoms with Crippen LogP contribution in [0.1, 0.15) is 12.0 Å². The highest BCUT2D eigenvalue weighted by molar-refractivity contribution is 6.31. The van der Waals surface area contributed by atoms with Crippen LogP contribution in [0, 0.1) is 5.92 Å². The lowest BCUT2D eigenvalue weighted by Gasteiger charge is -2.29. The van der Waals surface area contributed by atoms with E-state index in [0.717, 1.165) is 68.9 Å². The minimum atomic E-state index is 0.715. The molecule has 28 heavy (non-hydrogen) atoms. The van der Waals surface area contributed by atoms with Crippen LogP contribution in [0.3, 0.4) is 0 Å². The molecule has 2 aliphatic heterocycles. The third kappa shape index (κ3) is 4.62. The van der Waals surface area contributed by atoms with Crippen LogP contribution in [0.15, 0.2) is 29.4 Å². The van der Waals surface area contributed by atoms with E-state index in [0.29, 0.717) is 5.92 Å². The highest BCUT2D eigenvalue weighted by Gasteiger charge is 2.27. The van der Waals surface area contributed by atoms with Crippen LogP contribution in [0.25, 0.3) is 10.9 Å². The molecule has 0 aliphatic carbocycles. The van der Waals surface area contributed by atoms with Crippen LogP contribution in [-0.2, 0) is 11.2 Å². The molecule has 7 heteroatoms. The van der Waals surface area contributed by atoms with Crippen molar-refractivity contribution in [2.45, 2.75) is 12.8 Å². The van der Waals surface area contributed by atoms with Gasteiger partial charge in [-0.2, -0.15) is 0 Å². The summed E-state index contributed by atoms with van der Waals surface area (Å²) in [6, 6.07) is 5.99. The minimum Gasteiger partial charge on any atom is -0.379 e. The Labute approximate surface area is 171 Å². The maximum absolute atomic E-state index is 6.16. The lowest BCUT2D eigenvalue weighted by molar-refractivity contribution is 0.0315. The van der Waals surface area contributed by atoms with Crippen molar-refractivity contribution in [3.05, 3.63) is 35.0 Å². The summed E-state index contributed by atoms with van der Waals surface area (Å²) in [7, 11) is 1.88. The number of aromatic nitrogens is 1. The Kier molecular flexibility index (Phi) is 6.40.